The van der Waals surface area contributed by atoms with Crippen molar-refractivity contribution in [1.82, 2.24) is 14.7 Å². The molecule has 2 aliphatic heterocycles. The second-order valence-corrected chi connectivity index (χ2v) is 6.98. The Morgan fingerprint density at radius 2 is 2.05 bits per heavy atom. The van der Waals surface area contributed by atoms with E-state index in [0.29, 0.717) is 32.5 Å². The number of nitrogens with zero attached hydrogens (tertiary/aromatic N) is 3. The van der Waals surface area contributed by atoms with E-state index in [0.717, 1.165) is 19.5 Å². The molecule has 0 bridgehead atoms. The Kier molecular flexibility index (Phi) is 3.67. The third-order valence-corrected chi connectivity index (χ3v) is 5.16. The molecule has 2 heterocycles. The lowest BCUT2D eigenvalue weighted by Crippen LogP contribution is -2.50. The molecule has 0 radical (unpaired) electrons. The van der Waals surface area contributed by atoms with Crippen LogP contribution in [0.15, 0.2) is 0 Å². The predicted molar refractivity (Wildman–Crippen MR) is 76.4 cm³/mol. The quantitative estimate of drug-likeness (QED) is 0.752. The fourth-order valence-corrected chi connectivity index (χ4v) is 3.62. The van der Waals surface area contributed by atoms with Crippen molar-refractivity contribution in [2.75, 3.05) is 46.8 Å². The topological polar surface area (TPSA) is 43.9 Å². The van der Waals surface area contributed by atoms with E-state index in [-0.39, 0.29) is 23.7 Å². The summed E-state index contributed by atoms with van der Waals surface area (Å²) in [6, 6.07) is 0. The van der Waals surface area contributed by atoms with Crippen LogP contribution in [0.5, 0.6) is 0 Å². The number of likely N-dealkylation sites (N-methyl/N-ethyl adjacent to an activating group) is 1. The molecule has 0 aromatic heterocycles. The highest BCUT2D eigenvalue weighted by molar-refractivity contribution is 5.88. The van der Waals surface area contributed by atoms with Gasteiger partial charge < -0.3 is 14.7 Å². The number of carbonyl (C=O) groups excluding carboxylic acids is 2. The lowest BCUT2D eigenvalue weighted by Gasteiger charge is -2.36. The summed E-state index contributed by atoms with van der Waals surface area (Å²) >= 11 is 0. The molecule has 0 aromatic rings. The molecule has 1 aliphatic carbocycles. The Labute approximate surface area is 125 Å². The summed E-state index contributed by atoms with van der Waals surface area (Å²) in [7, 11) is 3.97. The van der Waals surface area contributed by atoms with Crippen molar-refractivity contribution in [2.45, 2.75) is 24.9 Å². The second kappa shape index (κ2) is 5.23. The minimum Gasteiger partial charge on any atom is -0.341 e. The SMILES string of the molecule is CN(C)CCN1CC2CN(C(=O)C3(F)CCC3)CC2C1=O. The van der Waals surface area contributed by atoms with Crippen molar-refractivity contribution in [3.05, 3.63) is 0 Å². The number of hydrogen-bond donors (Lipinski definition) is 0. The van der Waals surface area contributed by atoms with Crippen LogP contribution in [-0.4, -0.2) is 79.0 Å². The lowest BCUT2D eigenvalue weighted by atomic mass is 9.81. The molecule has 5 nitrogen and oxygen atoms in total. The van der Waals surface area contributed by atoms with Gasteiger partial charge in [0, 0.05) is 38.6 Å². The van der Waals surface area contributed by atoms with Gasteiger partial charge in [-0.1, -0.05) is 0 Å². The molecule has 2 unspecified atom stereocenters. The van der Waals surface area contributed by atoms with E-state index in [1.165, 1.54) is 0 Å². The van der Waals surface area contributed by atoms with Gasteiger partial charge in [-0.3, -0.25) is 9.59 Å². The Bertz CT molecular complexity index is 450. The van der Waals surface area contributed by atoms with Crippen LogP contribution < -0.4 is 0 Å². The van der Waals surface area contributed by atoms with E-state index in [1.54, 1.807) is 4.90 Å². The minimum atomic E-state index is -1.63. The second-order valence-electron chi connectivity index (χ2n) is 6.98. The van der Waals surface area contributed by atoms with Crippen LogP contribution in [0, 0.1) is 11.8 Å². The monoisotopic (exact) mass is 297 g/mol. The molecule has 3 aliphatic rings. The molecule has 2 atom stereocenters. The van der Waals surface area contributed by atoms with E-state index >= 15 is 0 Å². The Morgan fingerprint density at radius 3 is 2.57 bits per heavy atom. The number of alkyl halides is 1. The standard InChI is InChI=1S/C15H24FN3O2/c1-17(2)6-7-18-8-11-9-19(10-12(11)13(18)20)14(21)15(16)4-3-5-15/h11-12H,3-10H2,1-2H3. The van der Waals surface area contributed by atoms with Crippen LogP contribution in [0.2, 0.25) is 0 Å². The lowest BCUT2D eigenvalue weighted by molar-refractivity contribution is -0.149. The molecule has 0 aromatic carbocycles. The smallest absolute Gasteiger partial charge is 0.260 e. The van der Waals surface area contributed by atoms with Gasteiger partial charge >= 0.3 is 0 Å². The zero-order chi connectivity index (χ0) is 15.2. The van der Waals surface area contributed by atoms with Crippen LogP contribution in [0.1, 0.15) is 19.3 Å². The minimum absolute atomic E-state index is 0.111. The van der Waals surface area contributed by atoms with Crippen LogP contribution in [0.25, 0.3) is 0 Å². The van der Waals surface area contributed by atoms with Crippen molar-refractivity contribution < 1.29 is 14.0 Å². The third-order valence-electron chi connectivity index (χ3n) is 5.16. The Morgan fingerprint density at radius 1 is 1.33 bits per heavy atom. The molecule has 6 heteroatoms. The van der Waals surface area contributed by atoms with Crippen molar-refractivity contribution in [2.24, 2.45) is 11.8 Å². The normalized spacial score (nSPS) is 30.8. The number of likely N-dealkylation sites (tertiary alicyclic amines) is 2. The van der Waals surface area contributed by atoms with Gasteiger partial charge in [0.25, 0.3) is 5.91 Å². The molecule has 2 amide bonds. The molecular weight excluding hydrogens is 273 g/mol. The first-order valence-electron chi connectivity index (χ1n) is 7.82. The van der Waals surface area contributed by atoms with Gasteiger partial charge in [-0.25, -0.2) is 4.39 Å². The van der Waals surface area contributed by atoms with Crippen molar-refractivity contribution >= 4 is 11.8 Å². The van der Waals surface area contributed by atoms with Crippen LogP contribution in [0.3, 0.4) is 0 Å². The first-order chi connectivity index (χ1) is 9.90. The first-order valence-corrected chi connectivity index (χ1v) is 7.82. The van der Waals surface area contributed by atoms with Gasteiger partial charge in [-0.2, -0.15) is 0 Å². The molecular formula is C15H24FN3O2. The Hall–Kier alpha value is -1.17. The maximum atomic E-state index is 14.2. The van der Waals surface area contributed by atoms with E-state index < -0.39 is 5.67 Å². The van der Waals surface area contributed by atoms with Gasteiger partial charge in [0.1, 0.15) is 0 Å². The fraction of sp³-hybridized carbons (Fsp3) is 0.867. The first kappa shape index (κ1) is 14.8. The summed E-state index contributed by atoms with van der Waals surface area (Å²) < 4.78 is 14.2. The van der Waals surface area contributed by atoms with Gasteiger partial charge in [0.05, 0.1) is 5.92 Å². The zero-order valence-electron chi connectivity index (χ0n) is 12.8. The van der Waals surface area contributed by atoms with Crippen molar-refractivity contribution in [3.8, 4) is 0 Å². The van der Waals surface area contributed by atoms with Crippen molar-refractivity contribution in [3.63, 3.8) is 0 Å². The molecule has 2 saturated heterocycles. The van der Waals surface area contributed by atoms with Gasteiger partial charge in [0.2, 0.25) is 5.91 Å². The summed E-state index contributed by atoms with van der Waals surface area (Å²) in [6.07, 6.45) is 1.49. The highest BCUT2D eigenvalue weighted by atomic mass is 19.1. The highest BCUT2D eigenvalue weighted by Gasteiger charge is 2.53. The predicted octanol–water partition coefficient (Wildman–Crippen LogP) is 0.357. The van der Waals surface area contributed by atoms with Crippen LogP contribution in [0.4, 0.5) is 4.39 Å². The maximum absolute atomic E-state index is 14.2. The highest BCUT2D eigenvalue weighted by Crippen LogP contribution is 2.40. The molecule has 3 fully saturated rings. The molecule has 21 heavy (non-hydrogen) atoms. The fourth-order valence-electron chi connectivity index (χ4n) is 3.62. The Balaban J connectivity index is 1.57. The number of carbonyl (C=O) groups is 2. The summed E-state index contributed by atoms with van der Waals surface area (Å²) in [6.45, 7) is 3.24. The number of amides is 2. The van der Waals surface area contributed by atoms with Crippen LogP contribution in [-0.2, 0) is 9.59 Å². The van der Waals surface area contributed by atoms with Crippen molar-refractivity contribution in [1.29, 1.82) is 0 Å². The molecule has 3 rings (SSSR count). The third kappa shape index (κ3) is 2.54. The van der Waals surface area contributed by atoms with E-state index in [2.05, 4.69) is 4.90 Å². The average Bonchev–Trinajstić information content (AvgIpc) is 2.93. The van der Waals surface area contributed by atoms with Gasteiger partial charge in [0.15, 0.2) is 5.67 Å². The van der Waals surface area contributed by atoms with E-state index in [9.17, 15) is 14.0 Å². The molecule has 0 N–H and O–H groups in total. The van der Waals surface area contributed by atoms with E-state index in [4.69, 9.17) is 0 Å². The van der Waals surface area contributed by atoms with Gasteiger partial charge in [-0.15, -0.1) is 0 Å². The van der Waals surface area contributed by atoms with Crippen LogP contribution >= 0.6 is 0 Å². The molecule has 118 valence electrons. The zero-order valence-corrected chi connectivity index (χ0v) is 12.8. The summed E-state index contributed by atoms with van der Waals surface area (Å²) in [4.78, 5) is 30.1. The molecule has 0 spiro atoms. The summed E-state index contributed by atoms with van der Waals surface area (Å²) in [5, 5.41) is 0. The summed E-state index contributed by atoms with van der Waals surface area (Å²) in [5.74, 6) is -0.165. The largest absolute Gasteiger partial charge is 0.341 e. The number of rotatable bonds is 4. The summed E-state index contributed by atoms with van der Waals surface area (Å²) in [5.41, 5.74) is -1.63. The average molecular weight is 297 g/mol. The maximum Gasteiger partial charge on any atom is 0.260 e. The van der Waals surface area contributed by atoms with E-state index in [1.807, 2.05) is 19.0 Å². The number of fused-ring (bicyclic) bond motifs is 1. The number of halogens is 1. The molecule has 1 saturated carbocycles. The van der Waals surface area contributed by atoms with Gasteiger partial charge in [-0.05, 0) is 33.4 Å². The number of hydrogen-bond acceptors (Lipinski definition) is 3.